The van der Waals surface area contributed by atoms with Crippen molar-refractivity contribution in [3.8, 4) is 11.5 Å². The number of nitrogens with zero attached hydrogens (tertiary/aromatic N) is 1. The number of nitro benzene ring substituents is 1. The van der Waals surface area contributed by atoms with Crippen LogP contribution in [0, 0.1) is 10.1 Å². The van der Waals surface area contributed by atoms with Crippen LogP contribution in [-0.4, -0.2) is 13.3 Å². The molecule has 138 valence electrons. The number of nitro groups is 1. The van der Waals surface area contributed by atoms with Crippen LogP contribution in [0.5, 0.6) is 11.5 Å². The lowest BCUT2D eigenvalue weighted by atomic mass is 10.2. The van der Waals surface area contributed by atoms with E-state index in [1.54, 1.807) is 12.1 Å². The Hall–Kier alpha value is -3.39. The van der Waals surface area contributed by atoms with Gasteiger partial charge in [-0.05, 0) is 35.9 Å². The Kier molecular flexibility index (Phi) is 5.37. The Labute approximate surface area is 156 Å². The molecule has 0 aliphatic carbocycles. The van der Waals surface area contributed by atoms with Gasteiger partial charge in [-0.2, -0.15) is 8.42 Å². The minimum atomic E-state index is -4.34. The molecule has 0 heterocycles. The Morgan fingerprint density at radius 3 is 2.07 bits per heavy atom. The van der Waals surface area contributed by atoms with Gasteiger partial charge in [-0.3, -0.25) is 10.1 Å². The fourth-order valence-electron chi connectivity index (χ4n) is 2.32. The number of benzene rings is 3. The second-order valence-electron chi connectivity index (χ2n) is 5.51. The average Bonchev–Trinajstić information content (AvgIpc) is 2.68. The molecule has 7 nitrogen and oxygen atoms in total. The molecule has 0 atom stereocenters. The molecular weight excluding hydrogens is 370 g/mol. The maximum atomic E-state index is 12.4. The fourth-order valence-corrected chi connectivity index (χ4v) is 3.42. The van der Waals surface area contributed by atoms with Crippen molar-refractivity contribution in [1.82, 2.24) is 0 Å². The molecule has 0 spiro atoms. The molecule has 0 saturated heterocycles. The average molecular weight is 385 g/mol. The minimum absolute atomic E-state index is 0.0280. The van der Waals surface area contributed by atoms with Crippen molar-refractivity contribution < 1.29 is 22.3 Å². The molecule has 0 aromatic heterocycles. The molecule has 3 rings (SSSR count). The summed E-state index contributed by atoms with van der Waals surface area (Å²) >= 11 is 0. The van der Waals surface area contributed by atoms with E-state index in [1.165, 1.54) is 24.3 Å². The monoisotopic (exact) mass is 385 g/mol. The van der Waals surface area contributed by atoms with Crippen LogP contribution in [-0.2, 0) is 16.7 Å². The summed E-state index contributed by atoms with van der Waals surface area (Å²) in [5.74, 6) is 0.564. The highest BCUT2D eigenvalue weighted by atomic mass is 32.2. The van der Waals surface area contributed by atoms with Gasteiger partial charge in [0.15, 0.2) is 4.90 Å². The Balaban J connectivity index is 1.72. The van der Waals surface area contributed by atoms with Crippen LogP contribution in [0.1, 0.15) is 5.56 Å². The van der Waals surface area contributed by atoms with Gasteiger partial charge in [0, 0.05) is 6.07 Å². The normalized spacial score (nSPS) is 11.0. The molecule has 27 heavy (non-hydrogen) atoms. The number of hydrogen-bond acceptors (Lipinski definition) is 6. The third-order valence-electron chi connectivity index (χ3n) is 3.61. The standard InChI is InChI=1S/C19H15NO6S/c21-20(22)18-8-4-5-9-19(18)27(23,24)26-17-12-10-16(11-13-17)25-14-15-6-2-1-3-7-15/h1-13H,14H2. The van der Waals surface area contributed by atoms with Gasteiger partial charge in [0.2, 0.25) is 0 Å². The van der Waals surface area contributed by atoms with Crippen molar-refractivity contribution >= 4 is 15.8 Å². The molecule has 8 heteroatoms. The van der Waals surface area contributed by atoms with Crippen molar-refractivity contribution in [3.63, 3.8) is 0 Å². The summed E-state index contributed by atoms with van der Waals surface area (Å²) in [6.07, 6.45) is 0. The first kappa shape index (κ1) is 18.4. The quantitative estimate of drug-likeness (QED) is 0.347. The maximum Gasteiger partial charge on any atom is 0.346 e. The molecule has 0 saturated carbocycles. The number of para-hydroxylation sites is 1. The summed E-state index contributed by atoms with van der Waals surface area (Å²) in [4.78, 5) is 9.76. The largest absolute Gasteiger partial charge is 0.489 e. The molecule has 0 aliphatic heterocycles. The highest BCUT2D eigenvalue weighted by Gasteiger charge is 2.27. The third kappa shape index (κ3) is 4.62. The molecule has 0 fully saturated rings. The first-order valence-electron chi connectivity index (χ1n) is 7.90. The van der Waals surface area contributed by atoms with Crippen molar-refractivity contribution in [3.05, 3.63) is 94.5 Å². The molecule has 3 aromatic rings. The first-order valence-corrected chi connectivity index (χ1v) is 9.31. The van der Waals surface area contributed by atoms with Crippen LogP contribution < -0.4 is 8.92 Å². The van der Waals surface area contributed by atoms with Gasteiger partial charge in [-0.1, -0.05) is 42.5 Å². The zero-order chi connectivity index (χ0) is 19.3. The summed E-state index contributed by atoms with van der Waals surface area (Å²) < 4.78 is 35.4. The summed E-state index contributed by atoms with van der Waals surface area (Å²) in [5, 5.41) is 11.0. The Morgan fingerprint density at radius 1 is 0.815 bits per heavy atom. The first-order chi connectivity index (χ1) is 13.0. The maximum absolute atomic E-state index is 12.4. The predicted molar refractivity (Wildman–Crippen MR) is 98.1 cm³/mol. The smallest absolute Gasteiger partial charge is 0.346 e. The summed E-state index contributed by atoms with van der Waals surface area (Å²) in [6, 6.07) is 20.6. The van der Waals surface area contributed by atoms with E-state index in [1.807, 2.05) is 30.3 Å². The Morgan fingerprint density at radius 2 is 1.41 bits per heavy atom. The van der Waals surface area contributed by atoms with Gasteiger partial charge in [0.25, 0.3) is 5.69 Å². The van der Waals surface area contributed by atoms with Crippen LogP contribution in [0.4, 0.5) is 5.69 Å². The number of hydrogen-bond donors (Lipinski definition) is 0. The van der Waals surface area contributed by atoms with Gasteiger partial charge in [-0.25, -0.2) is 0 Å². The number of rotatable bonds is 7. The van der Waals surface area contributed by atoms with E-state index in [0.717, 1.165) is 17.7 Å². The van der Waals surface area contributed by atoms with Gasteiger partial charge in [0.1, 0.15) is 18.1 Å². The zero-order valence-electron chi connectivity index (χ0n) is 14.0. The highest BCUT2D eigenvalue weighted by Crippen LogP contribution is 2.27. The molecule has 0 N–H and O–H groups in total. The van der Waals surface area contributed by atoms with E-state index in [2.05, 4.69) is 0 Å². The van der Waals surface area contributed by atoms with E-state index >= 15 is 0 Å². The lowest BCUT2D eigenvalue weighted by molar-refractivity contribution is -0.387. The van der Waals surface area contributed by atoms with Crippen LogP contribution in [0.25, 0.3) is 0 Å². The van der Waals surface area contributed by atoms with Crippen molar-refractivity contribution in [2.75, 3.05) is 0 Å². The molecule has 0 radical (unpaired) electrons. The molecule has 0 unspecified atom stereocenters. The SMILES string of the molecule is O=[N+]([O-])c1ccccc1S(=O)(=O)Oc1ccc(OCc2ccccc2)cc1. The van der Waals surface area contributed by atoms with Crippen molar-refractivity contribution in [1.29, 1.82) is 0 Å². The third-order valence-corrected chi connectivity index (χ3v) is 4.91. The summed E-state index contributed by atoms with van der Waals surface area (Å²) in [5.41, 5.74) is 0.456. The summed E-state index contributed by atoms with van der Waals surface area (Å²) in [6.45, 7) is 0.371. The topological polar surface area (TPSA) is 95.7 Å². The van der Waals surface area contributed by atoms with Crippen LogP contribution in [0.15, 0.2) is 83.8 Å². The van der Waals surface area contributed by atoms with Gasteiger partial charge >= 0.3 is 10.1 Å². The molecule has 0 aliphatic rings. The minimum Gasteiger partial charge on any atom is -0.489 e. The second kappa shape index (κ2) is 7.88. The van der Waals surface area contributed by atoms with Crippen LogP contribution in [0.2, 0.25) is 0 Å². The van der Waals surface area contributed by atoms with Gasteiger partial charge < -0.3 is 8.92 Å². The van der Waals surface area contributed by atoms with E-state index < -0.39 is 25.6 Å². The zero-order valence-corrected chi connectivity index (χ0v) is 14.8. The lowest BCUT2D eigenvalue weighted by Gasteiger charge is -2.09. The molecule has 0 amide bonds. The van der Waals surface area contributed by atoms with Crippen molar-refractivity contribution in [2.45, 2.75) is 11.5 Å². The van der Waals surface area contributed by atoms with E-state index in [-0.39, 0.29) is 5.75 Å². The van der Waals surface area contributed by atoms with E-state index in [4.69, 9.17) is 8.92 Å². The molecule has 3 aromatic carbocycles. The van der Waals surface area contributed by atoms with Crippen LogP contribution in [0.3, 0.4) is 0 Å². The molecule has 0 bridgehead atoms. The Bertz CT molecular complexity index is 1030. The van der Waals surface area contributed by atoms with Gasteiger partial charge in [-0.15, -0.1) is 0 Å². The predicted octanol–water partition coefficient (Wildman–Crippen LogP) is 3.94. The second-order valence-corrected chi connectivity index (χ2v) is 7.02. The van der Waals surface area contributed by atoms with Gasteiger partial charge in [0.05, 0.1) is 4.92 Å². The molecular formula is C19H15NO6S. The van der Waals surface area contributed by atoms with E-state index in [0.29, 0.717) is 12.4 Å². The number of ether oxygens (including phenoxy) is 1. The van der Waals surface area contributed by atoms with E-state index in [9.17, 15) is 18.5 Å². The van der Waals surface area contributed by atoms with Crippen LogP contribution >= 0.6 is 0 Å². The summed E-state index contributed by atoms with van der Waals surface area (Å²) in [7, 11) is -4.34. The highest BCUT2D eigenvalue weighted by molar-refractivity contribution is 7.87. The van der Waals surface area contributed by atoms with Crippen molar-refractivity contribution in [2.24, 2.45) is 0 Å². The lowest BCUT2D eigenvalue weighted by Crippen LogP contribution is -2.11. The fraction of sp³-hybridized carbons (Fsp3) is 0.0526.